The van der Waals surface area contributed by atoms with Crippen LogP contribution in [0.2, 0.25) is 10.0 Å². The summed E-state index contributed by atoms with van der Waals surface area (Å²) in [5.41, 5.74) is -0.275. The van der Waals surface area contributed by atoms with E-state index < -0.39 is 11.4 Å². The molecule has 2 N–H and O–H groups in total. The molecule has 1 aliphatic rings. The summed E-state index contributed by atoms with van der Waals surface area (Å²) in [5.74, 6) is -0.496. The van der Waals surface area contributed by atoms with E-state index in [4.69, 9.17) is 27.9 Å². The van der Waals surface area contributed by atoms with Crippen molar-refractivity contribution in [3.8, 4) is 0 Å². The highest BCUT2D eigenvalue weighted by Crippen LogP contribution is 2.32. The highest BCUT2D eigenvalue weighted by Gasteiger charge is 2.30. The molecule has 1 aromatic rings. The Hall–Kier alpha value is -0.390. The van der Waals surface area contributed by atoms with Gasteiger partial charge in [-0.05, 0) is 19.1 Å². The van der Waals surface area contributed by atoms with Crippen molar-refractivity contribution in [3.63, 3.8) is 0 Å². The van der Waals surface area contributed by atoms with E-state index in [1.54, 1.807) is 0 Å². The first kappa shape index (κ1) is 16.0. The van der Waals surface area contributed by atoms with Gasteiger partial charge in [-0.1, -0.05) is 23.2 Å². The molecule has 1 aliphatic heterocycles. The monoisotopic (exact) mass is 321 g/mol. The van der Waals surface area contributed by atoms with E-state index in [1.165, 1.54) is 12.1 Å². The molecule has 0 spiro atoms. The van der Waals surface area contributed by atoms with E-state index in [0.29, 0.717) is 43.2 Å². The first-order valence-electron chi connectivity index (χ1n) is 6.60. The molecule has 1 unspecified atom stereocenters. The van der Waals surface area contributed by atoms with Gasteiger partial charge in [-0.3, -0.25) is 0 Å². The SMILES string of the molecule is CC(NCC1(O)CCOCC1)c1c(Cl)ccc(F)c1Cl. The van der Waals surface area contributed by atoms with Gasteiger partial charge < -0.3 is 15.2 Å². The van der Waals surface area contributed by atoms with Crippen LogP contribution in [0.5, 0.6) is 0 Å². The largest absolute Gasteiger partial charge is 0.388 e. The first-order valence-corrected chi connectivity index (χ1v) is 7.35. The third-order valence-corrected chi connectivity index (χ3v) is 4.39. The molecule has 1 atom stereocenters. The first-order chi connectivity index (χ1) is 9.43. The molecule has 6 heteroatoms. The molecule has 0 bridgehead atoms. The van der Waals surface area contributed by atoms with Crippen LogP contribution >= 0.6 is 23.2 Å². The van der Waals surface area contributed by atoms with Gasteiger partial charge >= 0.3 is 0 Å². The van der Waals surface area contributed by atoms with Gasteiger partial charge in [0.2, 0.25) is 0 Å². The van der Waals surface area contributed by atoms with Crippen molar-refractivity contribution in [2.24, 2.45) is 0 Å². The van der Waals surface area contributed by atoms with Crippen LogP contribution in [0.25, 0.3) is 0 Å². The molecule has 0 amide bonds. The average molecular weight is 322 g/mol. The standard InChI is InChI=1S/C14H18Cl2FNO2/c1-9(12-10(15)2-3-11(17)13(12)16)18-8-14(19)4-6-20-7-5-14/h2-3,9,18-19H,4-8H2,1H3. The summed E-state index contributed by atoms with van der Waals surface area (Å²) in [6.45, 7) is 3.33. The van der Waals surface area contributed by atoms with E-state index in [1.807, 2.05) is 6.92 Å². The summed E-state index contributed by atoms with van der Waals surface area (Å²) in [6, 6.07) is 2.48. The maximum atomic E-state index is 13.5. The molecule has 3 nitrogen and oxygen atoms in total. The molecule has 2 rings (SSSR count). The number of rotatable bonds is 4. The van der Waals surface area contributed by atoms with Crippen LogP contribution < -0.4 is 5.32 Å². The zero-order chi connectivity index (χ0) is 14.8. The van der Waals surface area contributed by atoms with Crippen molar-refractivity contribution in [2.75, 3.05) is 19.8 Å². The molecule has 0 aliphatic carbocycles. The van der Waals surface area contributed by atoms with E-state index in [-0.39, 0.29) is 11.1 Å². The van der Waals surface area contributed by atoms with Gasteiger partial charge in [0.05, 0.1) is 10.6 Å². The van der Waals surface area contributed by atoms with Crippen LogP contribution in [0.3, 0.4) is 0 Å². The van der Waals surface area contributed by atoms with Gasteiger partial charge in [0.15, 0.2) is 0 Å². The maximum absolute atomic E-state index is 13.5. The molecule has 112 valence electrons. The fourth-order valence-corrected chi connectivity index (χ4v) is 3.01. The number of hydrogen-bond donors (Lipinski definition) is 2. The zero-order valence-electron chi connectivity index (χ0n) is 11.3. The van der Waals surface area contributed by atoms with E-state index in [0.717, 1.165) is 0 Å². The normalized spacial score (nSPS) is 19.9. The molecule has 1 aromatic carbocycles. The van der Waals surface area contributed by atoms with Crippen LogP contribution in [0.4, 0.5) is 4.39 Å². The van der Waals surface area contributed by atoms with E-state index >= 15 is 0 Å². The molecule has 1 fully saturated rings. The van der Waals surface area contributed by atoms with Crippen molar-refractivity contribution in [1.29, 1.82) is 0 Å². The van der Waals surface area contributed by atoms with Crippen LogP contribution in [0, 0.1) is 5.82 Å². The molecule has 0 saturated carbocycles. The Kier molecular flexibility index (Phi) is 5.26. The second-order valence-electron chi connectivity index (χ2n) is 5.20. The Morgan fingerprint density at radius 3 is 2.70 bits per heavy atom. The third kappa shape index (κ3) is 3.62. The lowest BCUT2D eigenvalue weighted by Crippen LogP contribution is -2.45. The summed E-state index contributed by atoms with van der Waals surface area (Å²) in [5, 5.41) is 14.0. The van der Waals surface area contributed by atoms with E-state index in [9.17, 15) is 9.50 Å². The second-order valence-corrected chi connectivity index (χ2v) is 5.98. The quantitative estimate of drug-likeness (QED) is 0.836. The van der Waals surface area contributed by atoms with Crippen LogP contribution in [0.15, 0.2) is 12.1 Å². The molecule has 20 heavy (non-hydrogen) atoms. The fourth-order valence-electron chi connectivity index (χ4n) is 2.31. The highest BCUT2D eigenvalue weighted by molar-refractivity contribution is 6.36. The van der Waals surface area contributed by atoms with Crippen LogP contribution in [-0.4, -0.2) is 30.5 Å². The summed E-state index contributed by atoms with van der Waals surface area (Å²) in [4.78, 5) is 0. The second kappa shape index (κ2) is 6.58. The van der Waals surface area contributed by atoms with Gasteiger partial charge in [-0.15, -0.1) is 0 Å². The Bertz CT molecular complexity index is 478. The predicted octanol–water partition coefficient (Wildman–Crippen LogP) is 3.32. The van der Waals surface area contributed by atoms with Crippen LogP contribution in [0.1, 0.15) is 31.4 Å². The lowest BCUT2D eigenvalue weighted by molar-refractivity contribution is -0.0626. The average Bonchev–Trinajstić information content (AvgIpc) is 2.42. The number of ether oxygens (including phenoxy) is 1. The summed E-state index contributed by atoms with van der Waals surface area (Å²) in [6.07, 6.45) is 1.16. The summed E-state index contributed by atoms with van der Waals surface area (Å²) < 4.78 is 18.7. The number of benzene rings is 1. The van der Waals surface area contributed by atoms with Gasteiger partial charge in [0.1, 0.15) is 5.82 Å². The van der Waals surface area contributed by atoms with Crippen molar-refractivity contribution in [1.82, 2.24) is 5.32 Å². The minimum Gasteiger partial charge on any atom is -0.388 e. The lowest BCUT2D eigenvalue weighted by atomic mass is 9.94. The van der Waals surface area contributed by atoms with Gasteiger partial charge in [0.25, 0.3) is 0 Å². The smallest absolute Gasteiger partial charge is 0.142 e. The third-order valence-electron chi connectivity index (χ3n) is 3.67. The number of hydrogen-bond acceptors (Lipinski definition) is 3. The Labute approximate surface area is 128 Å². The molecular formula is C14H18Cl2FNO2. The number of nitrogens with one attached hydrogen (secondary N) is 1. The fraction of sp³-hybridized carbons (Fsp3) is 0.571. The molecule has 0 radical (unpaired) electrons. The molecule has 1 heterocycles. The maximum Gasteiger partial charge on any atom is 0.142 e. The van der Waals surface area contributed by atoms with Gasteiger partial charge in [0, 0.05) is 49.2 Å². The van der Waals surface area contributed by atoms with E-state index in [2.05, 4.69) is 5.32 Å². The van der Waals surface area contributed by atoms with Crippen molar-refractivity contribution < 1.29 is 14.2 Å². The van der Waals surface area contributed by atoms with Crippen molar-refractivity contribution in [2.45, 2.75) is 31.4 Å². The minimum atomic E-state index is -0.793. The predicted molar refractivity (Wildman–Crippen MR) is 77.8 cm³/mol. The lowest BCUT2D eigenvalue weighted by Gasteiger charge is -2.33. The summed E-state index contributed by atoms with van der Waals surface area (Å²) >= 11 is 12.0. The number of aliphatic hydroxyl groups is 1. The summed E-state index contributed by atoms with van der Waals surface area (Å²) in [7, 11) is 0. The zero-order valence-corrected chi connectivity index (χ0v) is 12.8. The van der Waals surface area contributed by atoms with Crippen molar-refractivity contribution >= 4 is 23.2 Å². The van der Waals surface area contributed by atoms with Gasteiger partial charge in [-0.2, -0.15) is 0 Å². The molecule has 1 saturated heterocycles. The van der Waals surface area contributed by atoms with Gasteiger partial charge in [-0.25, -0.2) is 4.39 Å². The Morgan fingerprint density at radius 2 is 2.05 bits per heavy atom. The molecular weight excluding hydrogens is 304 g/mol. The highest BCUT2D eigenvalue weighted by atomic mass is 35.5. The molecule has 0 aromatic heterocycles. The Balaban J connectivity index is 2.05. The van der Waals surface area contributed by atoms with Crippen LogP contribution in [-0.2, 0) is 4.74 Å². The number of halogens is 3. The topological polar surface area (TPSA) is 41.5 Å². The van der Waals surface area contributed by atoms with Crippen molar-refractivity contribution in [3.05, 3.63) is 33.6 Å². The minimum absolute atomic E-state index is 0.0245. The Morgan fingerprint density at radius 1 is 1.40 bits per heavy atom.